The van der Waals surface area contributed by atoms with Gasteiger partial charge in [0.2, 0.25) is 11.8 Å². The Balaban J connectivity index is 1.77. The van der Waals surface area contributed by atoms with Crippen molar-refractivity contribution in [1.82, 2.24) is 10.2 Å². The second-order valence-corrected chi connectivity index (χ2v) is 8.91. The van der Waals surface area contributed by atoms with Gasteiger partial charge in [0.15, 0.2) is 0 Å². The highest BCUT2D eigenvalue weighted by molar-refractivity contribution is 6.42. The van der Waals surface area contributed by atoms with Crippen LogP contribution in [0.4, 0.5) is 0 Å². The van der Waals surface area contributed by atoms with E-state index in [1.54, 1.807) is 30.0 Å². The Labute approximate surface area is 188 Å². The zero-order chi connectivity index (χ0) is 21.7. The average Bonchev–Trinajstić information content (AvgIpc) is 3.22. The number of hydrogen-bond donors (Lipinski definition) is 1. The van der Waals surface area contributed by atoms with Gasteiger partial charge in [-0.3, -0.25) is 9.59 Å². The predicted octanol–water partition coefficient (Wildman–Crippen LogP) is 5.32. The van der Waals surface area contributed by atoms with Crippen LogP contribution in [0.3, 0.4) is 0 Å². The molecule has 2 aromatic rings. The van der Waals surface area contributed by atoms with E-state index in [0.29, 0.717) is 16.6 Å². The Hall–Kier alpha value is -2.04. The smallest absolute Gasteiger partial charge is 0.242 e. The first-order valence-electron chi connectivity index (χ1n) is 10.4. The molecule has 3 rings (SSSR count). The molecule has 0 aliphatic heterocycles. The first-order chi connectivity index (χ1) is 14.3. The van der Waals surface area contributed by atoms with E-state index in [-0.39, 0.29) is 24.3 Å². The van der Waals surface area contributed by atoms with Gasteiger partial charge in [0.05, 0.1) is 16.5 Å². The fraction of sp³-hybridized carbons (Fsp3) is 0.417. The minimum absolute atomic E-state index is 0.100. The SMILES string of the molecule is Cc1ccc(CN(C(=O)Cc2ccc(Cl)c(Cl)c2)[C@H](C)C(=O)NC2CCCC2)cc1. The van der Waals surface area contributed by atoms with Crippen molar-refractivity contribution in [3.8, 4) is 0 Å². The molecule has 1 aliphatic carbocycles. The lowest BCUT2D eigenvalue weighted by Crippen LogP contribution is -2.50. The minimum atomic E-state index is -0.567. The number of aryl methyl sites for hydroxylation is 1. The van der Waals surface area contributed by atoms with Gasteiger partial charge in [0, 0.05) is 12.6 Å². The van der Waals surface area contributed by atoms with E-state index in [1.807, 2.05) is 31.2 Å². The van der Waals surface area contributed by atoms with Gasteiger partial charge in [-0.2, -0.15) is 0 Å². The quantitative estimate of drug-likeness (QED) is 0.625. The summed E-state index contributed by atoms with van der Waals surface area (Å²) in [5.41, 5.74) is 2.91. The Kier molecular flexibility index (Phi) is 7.79. The van der Waals surface area contributed by atoms with Crippen molar-refractivity contribution < 1.29 is 9.59 Å². The van der Waals surface area contributed by atoms with E-state index in [2.05, 4.69) is 5.32 Å². The summed E-state index contributed by atoms with van der Waals surface area (Å²) in [6.45, 7) is 4.19. The Morgan fingerprint density at radius 3 is 2.30 bits per heavy atom. The van der Waals surface area contributed by atoms with E-state index in [1.165, 1.54) is 0 Å². The largest absolute Gasteiger partial charge is 0.352 e. The topological polar surface area (TPSA) is 49.4 Å². The number of nitrogens with one attached hydrogen (secondary N) is 1. The molecule has 4 nitrogen and oxygen atoms in total. The van der Waals surface area contributed by atoms with Crippen LogP contribution in [0.2, 0.25) is 10.0 Å². The molecule has 1 fully saturated rings. The first kappa shape index (κ1) is 22.6. The molecule has 0 unspecified atom stereocenters. The minimum Gasteiger partial charge on any atom is -0.352 e. The third-order valence-electron chi connectivity index (χ3n) is 5.68. The molecule has 0 spiro atoms. The van der Waals surface area contributed by atoms with Crippen LogP contribution in [-0.4, -0.2) is 28.8 Å². The summed E-state index contributed by atoms with van der Waals surface area (Å²) in [6, 6.07) is 12.8. The van der Waals surface area contributed by atoms with Crippen molar-refractivity contribution in [3.05, 3.63) is 69.2 Å². The van der Waals surface area contributed by atoms with Crippen LogP contribution in [0.25, 0.3) is 0 Å². The summed E-state index contributed by atoms with van der Waals surface area (Å²) in [4.78, 5) is 27.8. The zero-order valence-corrected chi connectivity index (χ0v) is 19.0. The summed E-state index contributed by atoms with van der Waals surface area (Å²) < 4.78 is 0. The Morgan fingerprint density at radius 2 is 1.67 bits per heavy atom. The highest BCUT2D eigenvalue weighted by Gasteiger charge is 2.28. The van der Waals surface area contributed by atoms with Crippen LogP contribution in [0.5, 0.6) is 0 Å². The van der Waals surface area contributed by atoms with Crippen LogP contribution in [-0.2, 0) is 22.6 Å². The van der Waals surface area contributed by atoms with Crippen LogP contribution in [0.15, 0.2) is 42.5 Å². The molecular formula is C24H28Cl2N2O2. The van der Waals surface area contributed by atoms with Gasteiger partial charge in [-0.25, -0.2) is 0 Å². The molecule has 0 saturated heterocycles. The summed E-state index contributed by atoms with van der Waals surface area (Å²) in [6.07, 6.45) is 4.45. The zero-order valence-electron chi connectivity index (χ0n) is 17.5. The van der Waals surface area contributed by atoms with Gasteiger partial charge in [0.25, 0.3) is 0 Å². The number of carbonyl (C=O) groups excluding carboxylic acids is 2. The third kappa shape index (κ3) is 5.99. The monoisotopic (exact) mass is 446 g/mol. The molecule has 30 heavy (non-hydrogen) atoms. The molecule has 2 amide bonds. The van der Waals surface area contributed by atoms with Crippen molar-refractivity contribution in [2.24, 2.45) is 0 Å². The van der Waals surface area contributed by atoms with Crippen LogP contribution in [0.1, 0.15) is 49.3 Å². The lowest BCUT2D eigenvalue weighted by Gasteiger charge is -2.30. The lowest BCUT2D eigenvalue weighted by atomic mass is 10.1. The second-order valence-electron chi connectivity index (χ2n) is 8.10. The molecule has 0 heterocycles. The number of benzene rings is 2. The second kappa shape index (κ2) is 10.3. The number of nitrogens with zero attached hydrogens (tertiary/aromatic N) is 1. The third-order valence-corrected chi connectivity index (χ3v) is 6.42. The molecule has 2 aromatic carbocycles. The molecule has 0 radical (unpaired) electrons. The van der Waals surface area contributed by atoms with Gasteiger partial charge in [-0.15, -0.1) is 0 Å². The summed E-state index contributed by atoms with van der Waals surface area (Å²) in [5.74, 6) is -0.223. The molecule has 1 atom stereocenters. The number of halogens is 2. The fourth-order valence-electron chi connectivity index (χ4n) is 3.79. The molecule has 1 N–H and O–H groups in total. The van der Waals surface area contributed by atoms with Crippen molar-refractivity contribution >= 4 is 35.0 Å². The molecule has 6 heteroatoms. The van der Waals surface area contributed by atoms with Crippen molar-refractivity contribution in [1.29, 1.82) is 0 Å². The predicted molar refractivity (Wildman–Crippen MR) is 122 cm³/mol. The standard InChI is InChI=1S/C24H28Cl2N2O2/c1-16-7-9-18(10-8-16)15-28(17(2)24(30)27-20-5-3-4-6-20)23(29)14-19-11-12-21(25)22(26)13-19/h7-13,17,20H,3-6,14-15H2,1-2H3,(H,27,30)/t17-/m1/s1. The highest BCUT2D eigenvalue weighted by Crippen LogP contribution is 2.24. The highest BCUT2D eigenvalue weighted by atomic mass is 35.5. The molecule has 1 saturated carbocycles. The van der Waals surface area contributed by atoms with Gasteiger partial charge in [-0.1, -0.05) is 71.9 Å². The number of amides is 2. The van der Waals surface area contributed by atoms with Crippen molar-refractivity contribution in [2.75, 3.05) is 0 Å². The molecular weight excluding hydrogens is 419 g/mol. The Morgan fingerprint density at radius 1 is 1.03 bits per heavy atom. The fourth-order valence-corrected chi connectivity index (χ4v) is 4.11. The number of carbonyl (C=O) groups is 2. The molecule has 0 bridgehead atoms. The van der Waals surface area contributed by atoms with Gasteiger partial charge in [-0.05, 0) is 49.9 Å². The van der Waals surface area contributed by atoms with E-state index >= 15 is 0 Å². The Bertz CT molecular complexity index is 893. The number of rotatable bonds is 7. The maximum Gasteiger partial charge on any atom is 0.242 e. The number of hydrogen-bond acceptors (Lipinski definition) is 2. The van der Waals surface area contributed by atoms with Crippen molar-refractivity contribution in [3.63, 3.8) is 0 Å². The van der Waals surface area contributed by atoms with Gasteiger partial charge >= 0.3 is 0 Å². The van der Waals surface area contributed by atoms with Crippen LogP contribution >= 0.6 is 23.2 Å². The van der Waals surface area contributed by atoms with E-state index in [4.69, 9.17) is 23.2 Å². The maximum atomic E-state index is 13.2. The van der Waals surface area contributed by atoms with E-state index in [0.717, 1.165) is 42.4 Å². The normalized spacial score (nSPS) is 15.1. The van der Waals surface area contributed by atoms with Gasteiger partial charge < -0.3 is 10.2 Å². The van der Waals surface area contributed by atoms with E-state index in [9.17, 15) is 9.59 Å². The lowest BCUT2D eigenvalue weighted by molar-refractivity contribution is -0.140. The summed E-state index contributed by atoms with van der Waals surface area (Å²) in [5, 5.41) is 3.99. The summed E-state index contributed by atoms with van der Waals surface area (Å²) in [7, 11) is 0. The van der Waals surface area contributed by atoms with E-state index < -0.39 is 6.04 Å². The van der Waals surface area contributed by atoms with Gasteiger partial charge in [0.1, 0.15) is 6.04 Å². The van der Waals surface area contributed by atoms with Crippen LogP contribution in [0, 0.1) is 6.92 Å². The molecule has 1 aliphatic rings. The van der Waals surface area contributed by atoms with Crippen molar-refractivity contribution in [2.45, 2.75) is 64.6 Å². The maximum absolute atomic E-state index is 13.2. The van der Waals surface area contributed by atoms with Crippen LogP contribution < -0.4 is 5.32 Å². The average molecular weight is 447 g/mol. The first-order valence-corrected chi connectivity index (χ1v) is 11.2. The molecule has 0 aromatic heterocycles. The molecule has 160 valence electrons. The summed E-state index contributed by atoms with van der Waals surface area (Å²) >= 11 is 12.1.